The highest BCUT2D eigenvalue weighted by Gasteiger charge is 2.11. The molecule has 1 atom stereocenters. The number of ether oxygens (including phenoxy) is 1. The van der Waals surface area contributed by atoms with Crippen LogP contribution in [-0.2, 0) is 0 Å². The van der Waals surface area contributed by atoms with Crippen LogP contribution in [0.1, 0.15) is 24.9 Å². The van der Waals surface area contributed by atoms with E-state index in [-0.39, 0.29) is 11.9 Å². The van der Waals surface area contributed by atoms with Gasteiger partial charge < -0.3 is 10.1 Å². The van der Waals surface area contributed by atoms with E-state index >= 15 is 0 Å². The molecule has 0 saturated carbocycles. The molecule has 3 heteroatoms. The maximum absolute atomic E-state index is 13.6. The van der Waals surface area contributed by atoms with Crippen molar-refractivity contribution in [1.29, 1.82) is 0 Å². The summed E-state index contributed by atoms with van der Waals surface area (Å²) in [5.41, 5.74) is 1.65. The number of benzene rings is 2. The van der Waals surface area contributed by atoms with Crippen LogP contribution in [0.4, 0.5) is 10.1 Å². The van der Waals surface area contributed by atoms with Gasteiger partial charge in [-0.3, -0.25) is 0 Å². The Balaban J connectivity index is 2.17. The van der Waals surface area contributed by atoms with Crippen molar-refractivity contribution in [2.45, 2.75) is 19.4 Å². The van der Waals surface area contributed by atoms with Crippen LogP contribution >= 0.6 is 0 Å². The number of halogens is 1. The van der Waals surface area contributed by atoms with Gasteiger partial charge in [0.05, 0.1) is 18.8 Å². The second-order valence-corrected chi connectivity index (χ2v) is 4.36. The normalized spacial score (nSPS) is 11.9. The van der Waals surface area contributed by atoms with Crippen molar-refractivity contribution >= 4 is 5.69 Å². The second kappa shape index (κ2) is 6.23. The number of hydrogen-bond donors (Lipinski definition) is 1. The average molecular weight is 259 g/mol. The zero-order valence-corrected chi connectivity index (χ0v) is 11.2. The lowest BCUT2D eigenvalue weighted by molar-refractivity contribution is 0.414. The molecule has 0 radical (unpaired) electrons. The molecule has 0 aliphatic carbocycles. The summed E-state index contributed by atoms with van der Waals surface area (Å²) in [6, 6.07) is 14.7. The molecule has 0 spiro atoms. The average Bonchev–Trinajstić information content (AvgIpc) is 2.47. The van der Waals surface area contributed by atoms with Gasteiger partial charge in [-0.2, -0.15) is 0 Å². The van der Waals surface area contributed by atoms with Gasteiger partial charge in [-0.05, 0) is 36.2 Å². The fourth-order valence-corrected chi connectivity index (χ4v) is 2.02. The zero-order chi connectivity index (χ0) is 13.7. The van der Waals surface area contributed by atoms with Crippen LogP contribution in [0, 0.1) is 5.82 Å². The van der Waals surface area contributed by atoms with E-state index in [0.717, 1.165) is 17.7 Å². The van der Waals surface area contributed by atoms with E-state index in [1.54, 1.807) is 19.2 Å². The molecule has 0 bridgehead atoms. The Morgan fingerprint density at radius 1 is 1.11 bits per heavy atom. The van der Waals surface area contributed by atoms with Gasteiger partial charge in [-0.15, -0.1) is 0 Å². The second-order valence-electron chi connectivity index (χ2n) is 4.36. The highest BCUT2D eigenvalue weighted by Crippen LogP contribution is 2.25. The SMILES string of the molecule is CCC(Nc1ccccc1F)c1ccc(OC)cc1. The van der Waals surface area contributed by atoms with Gasteiger partial charge in [0.15, 0.2) is 0 Å². The molecule has 1 N–H and O–H groups in total. The van der Waals surface area contributed by atoms with Crippen molar-refractivity contribution in [3.8, 4) is 5.75 Å². The topological polar surface area (TPSA) is 21.3 Å². The molecule has 100 valence electrons. The Kier molecular flexibility index (Phi) is 4.39. The van der Waals surface area contributed by atoms with Crippen molar-refractivity contribution in [3.63, 3.8) is 0 Å². The van der Waals surface area contributed by atoms with Crippen LogP contribution in [0.25, 0.3) is 0 Å². The monoisotopic (exact) mass is 259 g/mol. The third kappa shape index (κ3) is 3.25. The molecule has 2 nitrogen and oxygen atoms in total. The lowest BCUT2D eigenvalue weighted by Gasteiger charge is -2.19. The summed E-state index contributed by atoms with van der Waals surface area (Å²) in [5.74, 6) is 0.596. The lowest BCUT2D eigenvalue weighted by atomic mass is 10.0. The van der Waals surface area contributed by atoms with Crippen molar-refractivity contribution in [2.24, 2.45) is 0 Å². The van der Waals surface area contributed by atoms with E-state index in [1.807, 2.05) is 30.3 Å². The van der Waals surface area contributed by atoms with E-state index in [9.17, 15) is 4.39 Å². The lowest BCUT2D eigenvalue weighted by Crippen LogP contribution is -2.10. The molecule has 0 heterocycles. The highest BCUT2D eigenvalue weighted by molar-refractivity contribution is 5.47. The summed E-state index contributed by atoms with van der Waals surface area (Å²) in [6.45, 7) is 2.07. The van der Waals surface area contributed by atoms with E-state index in [2.05, 4.69) is 12.2 Å². The molecule has 1 unspecified atom stereocenters. The number of methoxy groups -OCH3 is 1. The molecule has 0 aliphatic rings. The van der Waals surface area contributed by atoms with Crippen LogP contribution in [0.2, 0.25) is 0 Å². The van der Waals surface area contributed by atoms with Crippen LogP contribution in [0.15, 0.2) is 48.5 Å². The van der Waals surface area contributed by atoms with Gasteiger partial charge in [0, 0.05) is 0 Å². The third-order valence-corrected chi connectivity index (χ3v) is 3.13. The minimum Gasteiger partial charge on any atom is -0.497 e. The van der Waals surface area contributed by atoms with Gasteiger partial charge in [0.25, 0.3) is 0 Å². The number of rotatable bonds is 5. The molecule has 2 aromatic carbocycles. The molecule has 0 aromatic heterocycles. The standard InChI is InChI=1S/C16H18FNO/c1-3-15(12-8-10-13(19-2)11-9-12)18-16-7-5-4-6-14(16)17/h4-11,15,18H,3H2,1-2H3. The Morgan fingerprint density at radius 3 is 2.37 bits per heavy atom. The predicted molar refractivity (Wildman–Crippen MR) is 76.0 cm³/mol. The smallest absolute Gasteiger partial charge is 0.146 e. The zero-order valence-electron chi connectivity index (χ0n) is 11.2. The first-order valence-corrected chi connectivity index (χ1v) is 6.39. The van der Waals surface area contributed by atoms with Gasteiger partial charge in [-0.1, -0.05) is 31.2 Å². The summed E-state index contributed by atoms with van der Waals surface area (Å²) in [5, 5.41) is 3.23. The van der Waals surface area contributed by atoms with E-state index in [1.165, 1.54) is 6.07 Å². The van der Waals surface area contributed by atoms with Crippen molar-refractivity contribution in [2.75, 3.05) is 12.4 Å². The molecular formula is C16H18FNO. The summed E-state index contributed by atoms with van der Waals surface area (Å²) in [7, 11) is 1.64. The first kappa shape index (κ1) is 13.4. The Bertz CT molecular complexity index is 525. The first-order valence-electron chi connectivity index (χ1n) is 6.39. The van der Waals surface area contributed by atoms with Crippen LogP contribution < -0.4 is 10.1 Å². The third-order valence-electron chi connectivity index (χ3n) is 3.13. The molecule has 19 heavy (non-hydrogen) atoms. The minimum atomic E-state index is -0.227. The maximum Gasteiger partial charge on any atom is 0.146 e. The van der Waals surface area contributed by atoms with Gasteiger partial charge in [0.1, 0.15) is 11.6 Å². The number of anilines is 1. The van der Waals surface area contributed by atoms with Crippen LogP contribution in [0.3, 0.4) is 0 Å². The molecule has 0 amide bonds. The number of nitrogens with one attached hydrogen (secondary N) is 1. The molecule has 0 saturated heterocycles. The molecule has 2 rings (SSSR count). The van der Waals surface area contributed by atoms with E-state index in [0.29, 0.717) is 5.69 Å². The van der Waals surface area contributed by atoms with Crippen LogP contribution in [0.5, 0.6) is 5.75 Å². The van der Waals surface area contributed by atoms with E-state index in [4.69, 9.17) is 4.74 Å². The molecule has 0 fully saturated rings. The summed E-state index contributed by atoms with van der Waals surface area (Å²) < 4.78 is 18.8. The van der Waals surface area contributed by atoms with Gasteiger partial charge >= 0.3 is 0 Å². The predicted octanol–water partition coefficient (Wildman–Crippen LogP) is 4.40. The summed E-state index contributed by atoms with van der Waals surface area (Å²) >= 11 is 0. The summed E-state index contributed by atoms with van der Waals surface area (Å²) in [4.78, 5) is 0. The van der Waals surface area contributed by atoms with Crippen molar-refractivity contribution < 1.29 is 9.13 Å². The minimum absolute atomic E-state index is 0.0859. The Labute approximate surface area is 113 Å². The molecular weight excluding hydrogens is 241 g/mol. The first-order chi connectivity index (χ1) is 9.24. The Morgan fingerprint density at radius 2 is 1.79 bits per heavy atom. The van der Waals surface area contributed by atoms with Gasteiger partial charge in [0.2, 0.25) is 0 Å². The van der Waals surface area contributed by atoms with Crippen molar-refractivity contribution in [1.82, 2.24) is 0 Å². The fourth-order valence-electron chi connectivity index (χ4n) is 2.02. The van der Waals surface area contributed by atoms with Crippen LogP contribution in [-0.4, -0.2) is 7.11 Å². The maximum atomic E-state index is 13.6. The van der Waals surface area contributed by atoms with Crippen molar-refractivity contribution in [3.05, 3.63) is 59.9 Å². The number of para-hydroxylation sites is 1. The summed E-state index contributed by atoms with van der Waals surface area (Å²) in [6.07, 6.45) is 0.876. The van der Waals surface area contributed by atoms with Gasteiger partial charge in [-0.25, -0.2) is 4.39 Å². The molecule has 2 aromatic rings. The quantitative estimate of drug-likeness (QED) is 0.859. The highest BCUT2D eigenvalue weighted by atomic mass is 19.1. The molecule has 0 aliphatic heterocycles. The fraction of sp³-hybridized carbons (Fsp3) is 0.250. The number of hydrogen-bond acceptors (Lipinski definition) is 2. The largest absolute Gasteiger partial charge is 0.497 e. The Hall–Kier alpha value is -2.03. The van der Waals surface area contributed by atoms with E-state index < -0.39 is 0 Å².